The third-order valence-corrected chi connectivity index (χ3v) is 5.16. The van der Waals surface area contributed by atoms with Gasteiger partial charge in [-0.2, -0.15) is 0 Å². The molecule has 2 aliphatic heterocycles. The molecule has 2 aliphatic rings. The number of nitrogens with one attached hydrogen (secondary N) is 2. The van der Waals surface area contributed by atoms with Crippen molar-refractivity contribution < 1.29 is 22.7 Å². The van der Waals surface area contributed by atoms with Crippen molar-refractivity contribution in [2.24, 2.45) is 0 Å². The molecule has 26 heavy (non-hydrogen) atoms. The number of urea groups is 1. The quantitative estimate of drug-likeness (QED) is 0.826. The summed E-state index contributed by atoms with van der Waals surface area (Å²) in [6.45, 7) is 2.02. The Morgan fingerprint density at radius 1 is 1.19 bits per heavy atom. The first-order valence-electron chi connectivity index (χ1n) is 8.84. The Kier molecular flexibility index (Phi) is 5.87. The molecule has 3 rings (SSSR count). The lowest BCUT2D eigenvalue weighted by molar-refractivity contribution is 0.164. The fourth-order valence-electron chi connectivity index (χ4n) is 3.16. The Bertz CT molecular complexity index is 753. The maximum atomic E-state index is 12.7. The second-order valence-corrected chi connectivity index (χ2v) is 8.44. The second kappa shape index (κ2) is 8.13. The third kappa shape index (κ3) is 5.01. The van der Waals surface area contributed by atoms with E-state index >= 15 is 0 Å². The second-order valence-electron chi connectivity index (χ2n) is 6.61. The highest BCUT2D eigenvalue weighted by atomic mass is 32.2. The maximum absolute atomic E-state index is 12.7. The normalized spacial score (nSPS) is 20.3. The van der Waals surface area contributed by atoms with Crippen LogP contribution >= 0.6 is 0 Å². The Morgan fingerprint density at radius 2 is 1.96 bits per heavy atom. The van der Waals surface area contributed by atoms with Crippen LogP contribution in [0.5, 0.6) is 11.5 Å². The lowest BCUT2D eigenvalue weighted by Gasteiger charge is -2.35. The van der Waals surface area contributed by atoms with Crippen LogP contribution in [-0.4, -0.2) is 57.9 Å². The zero-order valence-corrected chi connectivity index (χ0v) is 15.7. The summed E-state index contributed by atoms with van der Waals surface area (Å²) in [4.78, 5) is 14.4. The zero-order chi connectivity index (χ0) is 18.6. The van der Waals surface area contributed by atoms with Crippen molar-refractivity contribution in [3.63, 3.8) is 0 Å². The number of anilines is 1. The Labute approximate surface area is 153 Å². The van der Waals surface area contributed by atoms with Gasteiger partial charge < -0.3 is 19.7 Å². The number of sulfonamides is 1. The molecule has 1 atom stereocenters. The number of rotatable bonds is 4. The molecule has 1 aromatic rings. The summed E-state index contributed by atoms with van der Waals surface area (Å²) >= 11 is 0. The Balaban J connectivity index is 1.66. The Morgan fingerprint density at radius 3 is 2.73 bits per heavy atom. The van der Waals surface area contributed by atoms with Gasteiger partial charge in [-0.3, -0.25) is 0 Å². The number of carbonyl (C=O) groups is 1. The molecule has 0 aliphatic carbocycles. The summed E-state index contributed by atoms with van der Waals surface area (Å²) in [7, 11) is -3.28. The van der Waals surface area contributed by atoms with Gasteiger partial charge in [0, 0.05) is 37.3 Å². The van der Waals surface area contributed by atoms with Crippen molar-refractivity contribution in [2.45, 2.75) is 31.7 Å². The van der Waals surface area contributed by atoms with Crippen molar-refractivity contribution in [3.8, 4) is 11.5 Å². The maximum Gasteiger partial charge on any atom is 0.322 e. The molecule has 1 fully saturated rings. The lowest BCUT2D eigenvalue weighted by Crippen LogP contribution is -2.50. The van der Waals surface area contributed by atoms with E-state index in [1.54, 1.807) is 23.1 Å². The number of nitrogens with zero attached hydrogens (tertiary/aromatic N) is 1. The largest absolute Gasteiger partial charge is 0.490 e. The average Bonchev–Trinajstić information content (AvgIpc) is 2.84. The predicted octanol–water partition coefficient (Wildman–Crippen LogP) is 1.78. The van der Waals surface area contributed by atoms with E-state index in [1.807, 2.05) is 0 Å². The summed E-state index contributed by atoms with van der Waals surface area (Å²) in [6, 6.07) is 4.93. The fraction of sp³-hybridized carbons (Fsp3) is 0.588. The van der Waals surface area contributed by atoms with Crippen molar-refractivity contribution in [1.29, 1.82) is 0 Å². The van der Waals surface area contributed by atoms with E-state index in [0.29, 0.717) is 36.9 Å². The van der Waals surface area contributed by atoms with Crippen molar-refractivity contribution in [2.75, 3.05) is 37.9 Å². The molecular weight excluding hydrogens is 358 g/mol. The molecule has 0 spiro atoms. The standard InChI is InChI=1S/C17H25N3O5S/c1-26(22,23)18-12-14-5-2-3-8-20(14)17(21)19-13-6-7-15-16(11-13)25-10-4-9-24-15/h6-7,11,14,18H,2-5,8-10,12H2,1H3,(H,19,21). The first kappa shape index (κ1) is 18.8. The lowest BCUT2D eigenvalue weighted by atomic mass is 10.0. The monoisotopic (exact) mass is 383 g/mol. The molecule has 2 amide bonds. The van der Waals surface area contributed by atoms with E-state index in [0.717, 1.165) is 31.9 Å². The van der Waals surface area contributed by atoms with E-state index in [2.05, 4.69) is 10.0 Å². The number of piperidine rings is 1. The molecule has 0 aromatic heterocycles. The third-order valence-electron chi connectivity index (χ3n) is 4.47. The summed E-state index contributed by atoms with van der Waals surface area (Å²) in [5, 5.41) is 2.88. The molecule has 0 bridgehead atoms. The van der Waals surface area contributed by atoms with Crippen molar-refractivity contribution in [3.05, 3.63) is 18.2 Å². The van der Waals surface area contributed by atoms with Crippen LogP contribution in [0.1, 0.15) is 25.7 Å². The molecule has 1 saturated heterocycles. The summed E-state index contributed by atoms with van der Waals surface area (Å²) in [5.74, 6) is 1.29. The zero-order valence-electron chi connectivity index (χ0n) is 14.9. The van der Waals surface area contributed by atoms with Gasteiger partial charge in [0.05, 0.1) is 19.5 Å². The predicted molar refractivity (Wildman–Crippen MR) is 98.3 cm³/mol. The van der Waals surface area contributed by atoms with Crippen LogP contribution in [0.25, 0.3) is 0 Å². The van der Waals surface area contributed by atoms with Gasteiger partial charge in [-0.15, -0.1) is 0 Å². The summed E-state index contributed by atoms with van der Waals surface area (Å²) in [5.41, 5.74) is 0.625. The van der Waals surface area contributed by atoms with E-state index < -0.39 is 10.0 Å². The van der Waals surface area contributed by atoms with Gasteiger partial charge in [-0.25, -0.2) is 17.9 Å². The highest BCUT2D eigenvalue weighted by molar-refractivity contribution is 7.88. The average molecular weight is 383 g/mol. The van der Waals surface area contributed by atoms with Crippen LogP contribution in [0, 0.1) is 0 Å². The van der Waals surface area contributed by atoms with Crippen LogP contribution in [0.3, 0.4) is 0 Å². The van der Waals surface area contributed by atoms with Gasteiger partial charge in [-0.05, 0) is 31.4 Å². The summed E-state index contributed by atoms with van der Waals surface area (Å²) in [6.07, 6.45) is 4.60. The molecule has 8 nitrogen and oxygen atoms in total. The van der Waals surface area contributed by atoms with Crippen LogP contribution in [0.2, 0.25) is 0 Å². The number of likely N-dealkylation sites (tertiary alicyclic amines) is 1. The van der Waals surface area contributed by atoms with Crippen LogP contribution in [-0.2, 0) is 10.0 Å². The number of hydrogen-bond acceptors (Lipinski definition) is 5. The number of carbonyl (C=O) groups excluding carboxylic acids is 1. The van der Waals surface area contributed by atoms with Crippen LogP contribution < -0.4 is 19.5 Å². The van der Waals surface area contributed by atoms with Crippen LogP contribution in [0.4, 0.5) is 10.5 Å². The van der Waals surface area contributed by atoms with Gasteiger partial charge in [0.1, 0.15) is 0 Å². The minimum atomic E-state index is -3.28. The van der Waals surface area contributed by atoms with E-state index in [1.165, 1.54) is 0 Å². The first-order chi connectivity index (χ1) is 12.4. The minimum Gasteiger partial charge on any atom is -0.490 e. The van der Waals surface area contributed by atoms with E-state index in [4.69, 9.17) is 9.47 Å². The molecule has 2 heterocycles. The Hall–Kier alpha value is -2.00. The number of amides is 2. The fourth-order valence-corrected chi connectivity index (χ4v) is 3.66. The van der Waals surface area contributed by atoms with Crippen molar-refractivity contribution >= 4 is 21.7 Å². The molecule has 144 valence electrons. The molecular formula is C17H25N3O5S. The SMILES string of the molecule is CS(=O)(=O)NCC1CCCCN1C(=O)Nc1ccc2c(c1)OCCCO2. The highest BCUT2D eigenvalue weighted by Gasteiger charge is 2.27. The van der Waals surface area contributed by atoms with Crippen molar-refractivity contribution in [1.82, 2.24) is 9.62 Å². The molecule has 0 saturated carbocycles. The first-order valence-corrected chi connectivity index (χ1v) is 10.7. The van der Waals surface area contributed by atoms with Gasteiger partial charge in [-0.1, -0.05) is 0 Å². The summed E-state index contributed by atoms with van der Waals surface area (Å²) < 4.78 is 36.4. The number of benzene rings is 1. The highest BCUT2D eigenvalue weighted by Crippen LogP contribution is 2.32. The van der Waals surface area contributed by atoms with Gasteiger partial charge >= 0.3 is 6.03 Å². The molecule has 9 heteroatoms. The molecule has 1 unspecified atom stereocenters. The van der Waals surface area contributed by atoms with E-state index in [9.17, 15) is 13.2 Å². The number of fused-ring (bicyclic) bond motifs is 1. The van der Waals surface area contributed by atoms with Gasteiger partial charge in [0.25, 0.3) is 0 Å². The number of ether oxygens (including phenoxy) is 2. The topological polar surface area (TPSA) is 97.0 Å². The van der Waals surface area contributed by atoms with Crippen LogP contribution in [0.15, 0.2) is 18.2 Å². The molecule has 0 radical (unpaired) electrons. The van der Waals surface area contributed by atoms with Gasteiger partial charge in [0.15, 0.2) is 11.5 Å². The molecule has 2 N–H and O–H groups in total. The van der Waals surface area contributed by atoms with E-state index in [-0.39, 0.29) is 18.6 Å². The number of hydrogen-bond donors (Lipinski definition) is 2. The molecule has 1 aromatic carbocycles. The minimum absolute atomic E-state index is 0.154. The smallest absolute Gasteiger partial charge is 0.322 e. The van der Waals surface area contributed by atoms with Gasteiger partial charge in [0.2, 0.25) is 10.0 Å².